The van der Waals surface area contributed by atoms with Crippen LogP contribution in [0.3, 0.4) is 0 Å². The Balaban J connectivity index is 1.91. The van der Waals surface area contributed by atoms with Crippen molar-refractivity contribution in [1.82, 2.24) is 4.98 Å². The zero-order valence-corrected chi connectivity index (χ0v) is 14.0. The number of aliphatic hydroxyl groups is 3. The van der Waals surface area contributed by atoms with E-state index in [2.05, 4.69) is 20.9 Å². The average molecular weight is 408 g/mol. The van der Waals surface area contributed by atoms with Gasteiger partial charge in [0.1, 0.15) is 30.2 Å². The topological polar surface area (TPSA) is 118 Å². The minimum Gasteiger partial charge on any atom is -0.828 e. The first kappa shape index (κ1) is 17.0. The van der Waals surface area contributed by atoms with Gasteiger partial charge in [0.2, 0.25) is 0 Å². The van der Waals surface area contributed by atoms with Gasteiger partial charge < -0.3 is 34.9 Å². The van der Waals surface area contributed by atoms with E-state index in [1.54, 1.807) is 12.1 Å². The Labute approximate surface area is 144 Å². The van der Waals surface area contributed by atoms with Gasteiger partial charge in [0, 0.05) is 17.0 Å². The van der Waals surface area contributed by atoms with Crippen molar-refractivity contribution in [2.75, 3.05) is 6.61 Å². The molecule has 4 N–H and O–H groups in total. The molecule has 0 amide bonds. The predicted molar refractivity (Wildman–Crippen MR) is 83.2 cm³/mol. The summed E-state index contributed by atoms with van der Waals surface area (Å²) in [7, 11) is 0. The number of aromatic amines is 1. The molecule has 1 aliphatic rings. The van der Waals surface area contributed by atoms with Crippen LogP contribution in [-0.4, -0.2) is 57.6 Å². The maximum absolute atomic E-state index is 12.0. The first-order chi connectivity index (χ1) is 10.9. The molecule has 1 fully saturated rings. The van der Waals surface area contributed by atoms with Crippen molar-refractivity contribution in [3.05, 3.63) is 27.8 Å². The molecule has 23 heavy (non-hydrogen) atoms. The number of H-pyrrole nitrogens is 1. The van der Waals surface area contributed by atoms with Gasteiger partial charge in [0.25, 0.3) is 0 Å². The zero-order valence-electron chi connectivity index (χ0n) is 11.6. The lowest BCUT2D eigenvalue weighted by atomic mass is 9.99. The molecule has 0 unspecified atom stereocenters. The van der Waals surface area contributed by atoms with Crippen molar-refractivity contribution in [3.8, 4) is 5.75 Å². The summed E-state index contributed by atoms with van der Waals surface area (Å²) in [5.41, 5.74) is 0.690. The molecular weight excluding hydrogens is 394 g/mol. The van der Waals surface area contributed by atoms with E-state index in [1.165, 1.54) is 6.20 Å². The summed E-state index contributed by atoms with van der Waals surface area (Å²) in [6, 6.07) is 3.53. The van der Waals surface area contributed by atoms with Crippen molar-refractivity contribution in [1.29, 1.82) is 0 Å². The van der Waals surface area contributed by atoms with E-state index in [4.69, 9.17) is 26.2 Å². The normalized spacial score (nSPS) is 31.5. The van der Waals surface area contributed by atoms with Crippen LogP contribution in [0.25, 0.3) is 10.9 Å². The van der Waals surface area contributed by atoms with Crippen LogP contribution in [0.2, 0.25) is 5.02 Å². The third kappa shape index (κ3) is 2.96. The van der Waals surface area contributed by atoms with Crippen LogP contribution < -0.4 is 9.84 Å². The molecule has 5 atom stereocenters. The van der Waals surface area contributed by atoms with Crippen LogP contribution in [0, 0.1) is 0 Å². The number of rotatable bonds is 3. The van der Waals surface area contributed by atoms with Gasteiger partial charge in [-0.05, 0) is 28.1 Å². The largest absolute Gasteiger partial charge is 0.828 e. The lowest BCUT2D eigenvalue weighted by Crippen LogP contribution is -2.64. The third-order valence-corrected chi connectivity index (χ3v) is 5.07. The highest BCUT2D eigenvalue weighted by Gasteiger charge is 2.41. The molecule has 126 valence electrons. The van der Waals surface area contributed by atoms with E-state index >= 15 is 0 Å². The minimum atomic E-state index is -1.76. The quantitative estimate of drug-likeness (QED) is 0.574. The van der Waals surface area contributed by atoms with Crippen LogP contribution in [0.5, 0.6) is 5.75 Å². The summed E-state index contributed by atoms with van der Waals surface area (Å²) in [6.45, 7) is -0.574. The second kappa shape index (κ2) is 6.56. The molecule has 0 spiro atoms. The minimum absolute atomic E-state index is 0.259. The number of aromatic nitrogens is 1. The van der Waals surface area contributed by atoms with Crippen LogP contribution in [-0.2, 0) is 4.74 Å². The van der Waals surface area contributed by atoms with Crippen molar-refractivity contribution in [2.45, 2.75) is 30.7 Å². The zero-order chi connectivity index (χ0) is 16.7. The molecular formula is C14H14BrClNO6-. The summed E-state index contributed by atoms with van der Waals surface area (Å²) >= 11 is 9.54. The summed E-state index contributed by atoms with van der Waals surface area (Å²) in [4.78, 5) is 2.95. The molecule has 1 aliphatic heterocycles. The van der Waals surface area contributed by atoms with Gasteiger partial charge in [-0.1, -0.05) is 11.6 Å². The first-order valence-corrected chi connectivity index (χ1v) is 8.01. The molecule has 1 aromatic carbocycles. The summed E-state index contributed by atoms with van der Waals surface area (Å²) in [5.74, 6) is 0.259. The van der Waals surface area contributed by atoms with Gasteiger partial charge in [-0.25, -0.2) is 0 Å². The van der Waals surface area contributed by atoms with Gasteiger partial charge >= 0.3 is 0 Å². The fraction of sp³-hybridized carbons (Fsp3) is 0.429. The van der Waals surface area contributed by atoms with E-state index in [0.29, 0.717) is 20.4 Å². The van der Waals surface area contributed by atoms with Crippen molar-refractivity contribution < 1.29 is 29.9 Å². The summed E-state index contributed by atoms with van der Waals surface area (Å²) < 4.78 is 11.2. The average Bonchev–Trinajstić information content (AvgIpc) is 2.94. The van der Waals surface area contributed by atoms with Crippen LogP contribution in [0.1, 0.15) is 0 Å². The van der Waals surface area contributed by atoms with Gasteiger partial charge in [-0.3, -0.25) is 0 Å². The highest BCUT2D eigenvalue weighted by molar-refractivity contribution is 9.10. The van der Waals surface area contributed by atoms with Gasteiger partial charge in [0.15, 0.2) is 0 Å². The Kier molecular flexibility index (Phi) is 4.84. The standard InChI is InChI=1S/C14H14BrClNO6/c15-5-1-2-6-9(10(5)16)7(3-17-6)22-13-12(20)11(19)8(4-18)23-14(13)21/h1-3,8,11-14,17-20H,4H2/q-1/t8-,11-,12+,13-,14-/m1/s1. The smallest absolute Gasteiger partial charge is 0.146 e. The monoisotopic (exact) mass is 406 g/mol. The molecule has 7 nitrogen and oxygen atoms in total. The summed E-state index contributed by atoms with van der Waals surface area (Å²) in [5, 5.41) is 42.0. The molecule has 2 aromatic rings. The lowest BCUT2D eigenvalue weighted by molar-refractivity contribution is -0.530. The van der Waals surface area contributed by atoms with E-state index in [-0.39, 0.29) is 5.75 Å². The SMILES string of the molecule is [O-][C@@H]1O[C@H](CO)[C@@H](O)[C@H](O)[C@H]1Oc1c[nH]c2ccc(Br)c(Cl)c12. The molecule has 0 radical (unpaired) electrons. The van der Waals surface area contributed by atoms with E-state index in [1.807, 2.05) is 0 Å². The Hall–Kier alpha value is -0.870. The van der Waals surface area contributed by atoms with E-state index in [9.17, 15) is 15.3 Å². The van der Waals surface area contributed by atoms with Crippen LogP contribution in [0.4, 0.5) is 0 Å². The van der Waals surface area contributed by atoms with Gasteiger partial charge in [-0.15, -0.1) is 0 Å². The van der Waals surface area contributed by atoms with Crippen LogP contribution >= 0.6 is 27.5 Å². The fourth-order valence-corrected chi connectivity index (χ4v) is 3.14. The Bertz CT molecular complexity index is 710. The molecule has 9 heteroatoms. The van der Waals surface area contributed by atoms with E-state index in [0.717, 1.165) is 0 Å². The highest BCUT2D eigenvalue weighted by Crippen LogP contribution is 2.38. The Morgan fingerprint density at radius 3 is 2.78 bits per heavy atom. The maximum atomic E-state index is 12.0. The number of benzene rings is 1. The van der Waals surface area contributed by atoms with Gasteiger partial charge in [0.05, 0.1) is 22.5 Å². The molecule has 2 heterocycles. The number of ether oxygens (including phenoxy) is 2. The lowest BCUT2D eigenvalue weighted by Gasteiger charge is -2.45. The number of hydrogen-bond acceptors (Lipinski definition) is 6. The van der Waals surface area contributed by atoms with Crippen molar-refractivity contribution in [2.24, 2.45) is 0 Å². The molecule has 0 aliphatic carbocycles. The first-order valence-electron chi connectivity index (χ1n) is 6.84. The highest BCUT2D eigenvalue weighted by atomic mass is 79.9. The number of hydrogen-bond donors (Lipinski definition) is 4. The molecule has 3 rings (SSSR count). The van der Waals surface area contributed by atoms with Crippen LogP contribution in [0.15, 0.2) is 22.8 Å². The number of nitrogens with one attached hydrogen (secondary N) is 1. The number of aliphatic hydroxyl groups excluding tert-OH is 3. The second-order valence-electron chi connectivity index (χ2n) is 5.23. The number of fused-ring (bicyclic) bond motifs is 1. The molecule has 0 saturated carbocycles. The van der Waals surface area contributed by atoms with Crippen molar-refractivity contribution in [3.63, 3.8) is 0 Å². The fourth-order valence-electron chi connectivity index (χ4n) is 2.55. The van der Waals surface area contributed by atoms with Crippen molar-refractivity contribution >= 4 is 38.4 Å². The molecule has 0 bridgehead atoms. The van der Waals surface area contributed by atoms with E-state index < -0.39 is 37.3 Å². The molecule has 1 saturated heterocycles. The van der Waals surface area contributed by atoms with Gasteiger partial charge in [-0.2, -0.15) is 0 Å². The second-order valence-corrected chi connectivity index (χ2v) is 6.46. The molecule has 1 aromatic heterocycles. The maximum Gasteiger partial charge on any atom is 0.146 e. The summed E-state index contributed by atoms with van der Waals surface area (Å²) in [6.07, 6.45) is -5.68. The Morgan fingerprint density at radius 2 is 2.09 bits per heavy atom. The Morgan fingerprint density at radius 1 is 1.35 bits per heavy atom. The third-order valence-electron chi connectivity index (χ3n) is 3.79. The number of halogens is 2. The predicted octanol–water partition coefficient (Wildman–Crippen LogP) is 0.131.